The molecule has 0 aliphatic carbocycles. The van der Waals surface area contributed by atoms with Crippen molar-refractivity contribution >= 4 is 34.5 Å². The third-order valence-electron chi connectivity index (χ3n) is 5.34. The number of hydrogen-bond acceptors (Lipinski definition) is 7. The van der Waals surface area contributed by atoms with E-state index in [1.54, 1.807) is 17.8 Å². The number of ether oxygens (including phenoxy) is 1. The van der Waals surface area contributed by atoms with Crippen LogP contribution in [0.4, 0.5) is 5.82 Å². The third kappa shape index (κ3) is 4.98. The van der Waals surface area contributed by atoms with Gasteiger partial charge in [-0.2, -0.15) is 5.10 Å². The van der Waals surface area contributed by atoms with E-state index >= 15 is 0 Å². The summed E-state index contributed by atoms with van der Waals surface area (Å²) in [6, 6.07) is 7.29. The van der Waals surface area contributed by atoms with Crippen molar-refractivity contribution in [2.45, 2.75) is 44.8 Å². The number of anilines is 1. The maximum Gasteiger partial charge on any atom is 0.255 e. The van der Waals surface area contributed by atoms with Gasteiger partial charge in [0.05, 0.1) is 30.3 Å². The Labute approximate surface area is 192 Å². The molecule has 0 radical (unpaired) electrons. The van der Waals surface area contributed by atoms with E-state index in [1.807, 2.05) is 36.0 Å². The van der Waals surface area contributed by atoms with Gasteiger partial charge in [-0.25, -0.2) is 14.6 Å². The van der Waals surface area contributed by atoms with Crippen molar-refractivity contribution < 1.29 is 9.53 Å². The van der Waals surface area contributed by atoms with Crippen molar-refractivity contribution in [2.75, 3.05) is 36.9 Å². The number of aromatic nitrogens is 4. The molecular formula is C23H30N6O2S. The maximum absolute atomic E-state index is 12.7. The van der Waals surface area contributed by atoms with Crippen LogP contribution in [-0.2, 0) is 6.54 Å². The van der Waals surface area contributed by atoms with Crippen LogP contribution in [0, 0.1) is 0 Å². The fourth-order valence-electron chi connectivity index (χ4n) is 3.82. The molecule has 1 N–H and O–H groups in total. The first kappa shape index (κ1) is 22.4. The number of benzene rings is 1. The minimum atomic E-state index is -0.155. The number of rotatable bonds is 10. The average molecular weight is 455 g/mol. The molecular weight excluding hydrogens is 424 g/mol. The summed E-state index contributed by atoms with van der Waals surface area (Å²) in [5, 5.41) is 9.31. The number of nitrogens with zero attached hydrogens (tertiary/aromatic N) is 5. The molecule has 1 aliphatic heterocycles. The van der Waals surface area contributed by atoms with Crippen LogP contribution in [0.1, 0.15) is 43.5 Å². The van der Waals surface area contributed by atoms with Crippen LogP contribution in [0.5, 0.6) is 5.75 Å². The largest absolute Gasteiger partial charge is 0.493 e. The number of fused-ring (bicyclic) bond motifs is 1. The van der Waals surface area contributed by atoms with Crippen LogP contribution in [0.2, 0.25) is 0 Å². The molecule has 0 spiro atoms. The Morgan fingerprint density at radius 1 is 1.19 bits per heavy atom. The van der Waals surface area contributed by atoms with Gasteiger partial charge in [0.25, 0.3) is 5.91 Å². The fraction of sp³-hybridized carbons (Fsp3) is 0.478. The quantitative estimate of drug-likeness (QED) is 0.369. The van der Waals surface area contributed by atoms with Gasteiger partial charge in [-0.1, -0.05) is 30.8 Å². The van der Waals surface area contributed by atoms with Crippen molar-refractivity contribution in [1.29, 1.82) is 0 Å². The Balaban J connectivity index is 1.51. The molecule has 9 heteroatoms. The summed E-state index contributed by atoms with van der Waals surface area (Å²) >= 11 is 1.68. The monoisotopic (exact) mass is 454 g/mol. The number of para-hydroxylation sites is 1. The molecule has 170 valence electrons. The van der Waals surface area contributed by atoms with E-state index in [9.17, 15) is 4.79 Å². The van der Waals surface area contributed by atoms with Crippen LogP contribution >= 0.6 is 11.8 Å². The standard InChI is InChI=1S/C23H30N6O2S/c1-3-15-32-23-26-20(28-12-7-8-13-28)18-16-25-29(21(18)27-23)14-11-24-22(30)17-9-5-6-10-19(17)31-4-2/h5-6,9-10,16H,3-4,7-8,11-15H2,1-2H3,(H,24,30). The second kappa shape index (κ2) is 10.7. The topological polar surface area (TPSA) is 85.2 Å². The van der Waals surface area contributed by atoms with Gasteiger partial charge in [0, 0.05) is 25.4 Å². The van der Waals surface area contributed by atoms with E-state index in [-0.39, 0.29) is 5.91 Å². The summed E-state index contributed by atoms with van der Waals surface area (Å²) in [7, 11) is 0. The zero-order chi connectivity index (χ0) is 22.3. The lowest BCUT2D eigenvalue weighted by Crippen LogP contribution is -2.28. The lowest BCUT2D eigenvalue weighted by atomic mass is 10.2. The number of carbonyl (C=O) groups excluding carboxylic acids is 1. The molecule has 4 rings (SSSR count). The molecule has 0 unspecified atom stereocenters. The van der Waals surface area contributed by atoms with Gasteiger partial charge in [0.2, 0.25) is 0 Å². The molecule has 32 heavy (non-hydrogen) atoms. The highest BCUT2D eigenvalue weighted by Gasteiger charge is 2.21. The summed E-state index contributed by atoms with van der Waals surface area (Å²) in [5.41, 5.74) is 1.36. The average Bonchev–Trinajstić information content (AvgIpc) is 3.48. The molecule has 1 aliphatic rings. The van der Waals surface area contributed by atoms with E-state index in [1.165, 1.54) is 12.8 Å². The maximum atomic E-state index is 12.7. The second-order valence-corrected chi connectivity index (χ2v) is 8.72. The van der Waals surface area contributed by atoms with E-state index in [0.29, 0.717) is 31.0 Å². The van der Waals surface area contributed by atoms with Crippen LogP contribution in [0.15, 0.2) is 35.6 Å². The molecule has 0 bridgehead atoms. The predicted molar refractivity (Wildman–Crippen MR) is 128 cm³/mol. The molecule has 2 aromatic heterocycles. The van der Waals surface area contributed by atoms with Crippen molar-refractivity contribution in [3.05, 3.63) is 36.0 Å². The third-order valence-corrected chi connectivity index (χ3v) is 6.39. The van der Waals surface area contributed by atoms with Crippen molar-refractivity contribution in [2.24, 2.45) is 0 Å². The summed E-state index contributed by atoms with van der Waals surface area (Å²) in [4.78, 5) is 24.7. The van der Waals surface area contributed by atoms with E-state index in [0.717, 1.165) is 47.3 Å². The highest BCUT2D eigenvalue weighted by Crippen LogP contribution is 2.29. The van der Waals surface area contributed by atoms with Crippen LogP contribution < -0.4 is 15.0 Å². The van der Waals surface area contributed by atoms with Crippen LogP contribution in [-0.4, -0.2) is 57.6 Å². The number of hydrogen-bond donors (Lipinski definition) is 1. The molecule has 8 nitrogen and oxygen atoms in total. The number of amides is 1. The fourth-order valence-corrected chi connectivity index (χ4v) is 4.51. The first-order valence-electron chi connectivity index (χ1n) is 11.3. The molecule has 1 saturated heterocycles. The Morgan fingerprint density at radius 2 is 2.00 bits per heavy atom. The van der Waals surface area contributed by atoms with E-state index < -0.39 is 0 Å². The number of nitrogens with one attached hydrogen (secondary N) is 1. The minimum Gasteiger partial charge on any atom is -0.493 e. The highest BCUT2D eigenvalue weighted by atomic mass is 32.2. The van der Waals surface area contributed by atoms with E-state index in [2.05, 4.69) is 22.2 Å². The molecule has 3 heterocycles. The van der Waals surface area contributed by atoms with Gasteiger partial charge in [-0.05, 0) is 38.3 Å². The lowest BCUT2D eigenvalue weighted by Gasteiger charge is -2.18. The van der Waals surface area contributed by atoms with Gasteiger partial charge in [0.15, 0.2) is 10.8 Å². The number of carbonyl (C=O) groups is 1. The van der Waals surface area contributed by atoms with Gasteiger partial charge in [-0.3, -0.25) is 4.79 Å². The zero-order valence-corrected chi connectivity index (χ0v) is 19.5. The Bertz CT molecular complexity index is 1060. The lowest BCUT2D eigenvalue weighted by molar-refractivity contribution is 0.0948. The van der Waals surface area contributed by atoms with E-state index in [4.69, 9.17) is 14.7 Å². The Kier molecular flexibility index (Phi) is 7.47. The molecule has 3 aromatic rings. The van der Waals surface area contributed by atoms with Crippen LogP contribution in [0.25, 0.3) is 11.0 Å². The first-order chi connectivity index (χ1) is 15.7. The van der Waals surface area contributed by atoms with Gasteiger partial charge in [-0.15, -0.1) is 0 Å². The molecule has 1 aromatic carbocycles. The summed E-state index contributed by atoms with van der Waals surface area (Å²) in [5.74, 6) is 2.40. The molecule has 0 atom stereocenters. The van der Waals surface area contributed by atoms with Crippen molar-refractivity contribution in [1.82, 2.24) is 25.1 Å². The normalized spacial score (nSPS) is 13.6. The Hall–Kier alpha value is -2.81. The number of thioether (sulfide) groups is 1. The molecule has 1 fully saturated rings. The van der Waals surface area contributed by atoms with Gasteiger partial charge in [0.1, 0.15) is 11.6 Å². The van der Waals surface area contributed by atoms with Crippen molar-refractivity contribution in [3.63, 3.8) is 0 Å². The van der Waals surface area contributed by atoms with Crippen molar-refractivity contribution in [3.8, 4) is 5.75 Å². The van der Waals surface area contributed by atoms with Crippen LogP contribution in [0.3, 0.4) is 0 Å². The summed E-state index contributed by atoms with van der Waals surface area (Å²) < 4.78 is 7.44. The highest BCUT2D eigenvalue weighted by molar-refractivity contribution is 7.99. The Morgan fingerprint density at radius 3 is 2.78 bits per heavy atom. The predicted octanol–water partition coefficient (Wildman–Crippen LogP) is 3.76. The second-order valence-electron chi connectivity index (χ2n) is 7.66. The molecule has 1 amide bonds. The summed E-state index contributed by atoms with van der Waals surface area (Å²) in [6.07, 6.45) is 5.29. The molecule has 0 saturated carbocycles. The van der Waals surface area contributed by atoms with Gasteiger partial charge >= 0.3 is 0 Å². The first-order valence-corrected chi connectivity index (χ1v) is 12.3. The van der Waals surface area contributed by atoms with Gasteiger partial charge < -0.3 is 15.0 Å². The minimum absolute atomic E-state index is 0.155. The zero-order valence-electron chi connectivity index (χ0n) is 18.7. The smallest absolute Gasteiger partial charge is 0.255 e. The SMILES string of the molecule is CCCSc1nc(N2CCCC2)c2cnn(CCNC(=O)c3ccccc3OCC)c2n1. The summed E-state index contributed by atoms with van der Waals surface area (Å²) in [6.45, 7) is 7.58.